The van der Waals surface area contributed by atoms with Gasteiger partial charge in [0.2, 0.25) is 0 Å². The summed E-state index contributed by atoms with van der Waals surface area (Å²) in [5.74, 6) is 0.958. The highest BCUT2D eigenvalue weighted by Crippen LogP contribution is 2.41. The van der Waals surface area contributed by atoms with Crippen molar-refractivity contribution in [3.8, 4) is 5.75 Å². The maximum absolute atomic E-state index is 6.37. The van der Waals surface area contributed by atoms with Crippen LogP contribution in [0.2, 0.25) is 0 Å². The molecule has 2 atom stereocenters. The average molecular weight is 287 g/mol. The van der Waals surface area contributed by atoms with Crippen LogP contribution >= 0.6 is 0 Å². The smallest absolute Gasteiger partial charge is 0.119 e. The summed E-state index contributed by atoms with van der Waals surface area (Å²) in [5, 5.41) is 3.98. The molecule has 0 aromatic heterocycles. The first-order valence-corrected chi connectivity index (χ1v) is 8.36. The fourth-order valence-corrected chi connectivity index (χ4v) is 4.44. The largest absolute Gasteiger partial charge is 0.497 e. The predicted octanol–water partition coefficient (Wildman–Crippen LogP) is 3.37. The van der Waals surface area contributed by atoms with Crippen LogP contribution in [0.4, 0.5) is 0 Å². The van der Waals surface area contributed by atoms with Gasteiger partial charge < -0.3 is 14.8 Å². The van der Waals surface area contributed by atoms with E-state index in [0.29, 0.717) is 6.04 Å². The van der Waals surface area contributed by atoms with E-state index in [9.17, 15) is 0 Å². The van der Waals surface area contributed by atoms with Crippen LogP contribution in [0, 0.1) is 0 Å². The monoisotopic (exact) mass is 287 g/mol. The zero-order chi connectivity index (χ0) is 14.3. The number of benzene rings is 1. The van der Waals surface area contributed by atoms with Crippen LogP contribution < -0.4 is 10.1 Å². The van der Waals surface area contributed by atoms with Crippen molar-refractivity contribution in [3.05, 3.63) is 29.3 Å². The molecule has 1 saturated carbocycles. The molecule has 1 saturated heterocycles. The number of hydrogen-bond acceptors (Lipinski definition) is 3. The number of rotatable bonds is 1. The number of morpholine rings is 1. The van der Waals surface area contributed by atoms with E-state index in [2.05, 4.69) is 23.5 Å². The van der Waals surface area contributed by atoms with Gasteiger partial charge >= 0.3 is 0 Å². The Bertz CT molecular complexity index is 522. The molecule has 21 heavy (non-hydrogen) atoms. The Kier molecular flexibility index (Phi) is 3.43. The molecule has 1 aromatic carbocycles. The van der Waals surface area contributed by atoms with Gasteiger partial charge in [0.25, 0.3) is 0 Å². The minimum absolute atomic E-state index is 0.229. The highest BCUT2D eigenvalue weighted by molar-refractivity contribution is 5.40. The van der Waals surface area contributed by atoms with Crippen LogP contribution in [0.15, 0.2) is 18.2 Å². The van der Waals surface area contributed by atoms with Gasteiger partial charge in [0, 0.05) is 11.6 Å². The summed E-state index contributed by atoms with van der Waals surface area (Å²) in [7, 11) is 1.73. The van der Waals surface area contributed by atoms with Gasteiger partial charge in [-0.2, -0.15) is 0 Å². The highest BCUT2D eigenvalue weighted by Gasteiger charge is 2.43. The highest BCUT2D eigenvalue weighted by atomic mass is 16.5. The van der Waals surface area contributed by atoms with Gasteiger partial charge in [-0.3, -0.25) is 0 Å². The van der Waals surface area contributed by atoms with Crippen molar-refractivity contribution in [2.45, 2.75) is 62.6 Å². The molecule has 1 aliphatic heterocycles. The minimum atomic E-state index is 0.229. The van der Waals surface area contributed by atoms with Gasteiger partial charge in [0.1, 0.15) is 5.75 Å². The second-order valence-corrected chi connectivity index (χ2v) is 6.93. The van der Waals surface area contributed by atoms with E-state index >= 15 is 0 Å². The van der Waals surface area contributed by atoms with E-state index in [1.54, 1.807) is 7.11 Å². The predicted molar refractivity (Wildman–Crippen MR) is 82.7 cm³/mol. The molecule has 1 N–H and O–H groups in total. The standard InChI is InChI=1S/C18H25NO2/c1-20-14-6-7-15-13(11-14)5-8-16-17(15)21-12-18(19-16)9-3-2-4-10-18/h6-7,11,16-17,19H,2-5,8-10,12H2,1H3. The third-order valence-electron chi connectivity index (χ3n) is 5.59. The van der Waals surface area contributed by atoms with Crippen LogP contribution in [-0.2, 0) is 11.2 Å². The van der Waals surface area contributed by atoms with Crippen molar-refractivity contribution in [2.24, 2.45) is 0 Å². The van der Waals surface area contributed by atoms with E-state index in [4.69, 9.17) is 9.47 Å². The molecule has 0 bridgehead atoms. The summed E-state index contributed by atoms with van der Waals surface area (Å²) in [5.41, 5.74) is 3.03. The van der Waals surface area contributed by atoms with Gasteiger partial charge in [0.05, 0.1) is 19.8 Å². The zero-order valence-electron chi connectivity index (χ0n) is 12.9. The van der Waals surface area contributed by atoms with Crippen LogP contribution in [0.25, 0.3) is 0 Å². The number of fused-ring (bicyclic) bond motifs is 3. The maximum atomic E-state index is 6.37. The van der Waals surface area contributed by atoms with Gasteiger partial charge in [0.15, 0.2) is 0 Å². The first-order valence-electron chi connectivity index (χ1n) is 8.36. The lowest BCUT2D eigenvalue weighted by molar-refractivity contribution is -0.0810. The van der Waals surface area contributed by atoms with Crippen molar-refractivity contribution < 1.29 is 9.47 Å². The normalized spacial score (nSPS) is 30.5. The van der Waals surface area contributed by atoms with Gasteiger partial charge in [-0.1, -0.05) is 25.3 Å². The summed E-state index contributed by atoms with van der Waals surface area (Å²) in [4.78, 5) is 0. The molecule has 2 fully saturated rings. The van der Waals surface area contributed by atoms with Crippen LogP contribution in [0.3, 0.4) is 0 Å². The number of aryl methyl sites for hydroxylation is 1. The summed E-state index contributed by atoms with van der Waals surface area (Å²) in [6.07, 6.45) is 9.18. The summed E-state index contributed by atoms with van der Waals surface area (Å²) >= 11 is 0. The van der Waals surface area contributed by atoms with E-state index in [1.165, 1.54) is 49.7 Å². The van der Waals surface area contributed by atoms with E-state index in [1.807, 2.05) is 0 Å². The second kappa shape index (κ2) is 5.29. The number of methoxy groups -OCH3 is 1. The molecule has 3 nitrogen and oxygen atoms in total. The van der Waals surface area contributed by atoms with Crippen molar-refractivity contribution in [3.63, 3.8) is 0 Å². The fourth-order valence-electron chi connectivity index (χ4n) is 4.44. The van der Waals surface area contributed by atoms with Crippen molar-refractivity contribution in [1.29, 1.82) is 0 Å². The zero-order valence-corrected chi connectivity index (χ0v) is 12.9. The van der Waals surface area contributed by atoms with E-state index in [0.717, 1.165) is 18.8 Å². The quantitative estimate of drug-likeness (QED) is 0.859. The molecule has 3 aliphatic rings. The SMILES string of the molecule is COc1ccc2c(c1)CCC1NC3(CCCCC3)COC21. The van der Waals surface area contributed by atoms with Gasteiger partial charge in [-0.25, -0.2) is 0 Å². The summed E-state index contributed by atoms with van der Waals surface area (Å²) in [6, 6.07) is 6.93. The topological polar surface area (TPSA) is 30.5 Å². The third kappa shape index (κ3) is 2.36. The summed E-state index contributed by atoms with van der Waals surface area (Å²) < 4.78 is 11.7. The average Bonchev–Trinajstić information content (AvgIpc) is 2.54. The Morgan fingerprint density at radius 2 is 2.10 bits per heavy atom. The Morgan fingerprint density at radius 1 is 1.24 bits per heavy atom. The molecule has 1 heterocycles. The lowest BCUT2D eigenvalue weighted by Crippen LogP contribution is -2.61. The number of nitrogens with one attached hydrogen (secondary N) is 1. The molecule has 0 radical (unpaired) electrons. The van der Waals surface area contributed by atoms with Crippen molar-refractivity contribution in [2.75, 3.05) is 13.7 Å². The summed E-state index contributed by atoms with van der Waals surface area (Å²) in [6.45, 7) is 0.875. The van der Waals surface area contributed by atoms with Gasteiger partial charge in [-0.15, -0.1) is 0 Å². The third-order valence-corrected chi connectivity index (χ3v) is 5.59. The second-order valence-electron chi connectivity index (χ2n) is 6.93. The molecule has 2 aliphatic carbocycles. The first-order chi connectivity index (χ1) is 10.3. The van der Waals surface area contributed by atoms with Crippen LogP contribution in [0.1, 0.15) is 55.8 Å². The fraction of sp³-hybridized carbons (Fsp3) is 0.667. The molecule has 114 valence electrons. The molecular formula is C18H25NO2. The lowest BCUT2D eigenvalue weighted by atomic mass is 9.77. The van der Waals surface area contributed by atoms with Crippen molar-refractivity contribution >= 4 is 0 Å². The Morgan fingerprint density at radius 3 is 2.90 bits per heavy atom. The first kappa shape index (κ1) is 13.6. The molecule has 4 rings (SSSR count). The molecule has 1 spiro atoms. The molecule has 3 heteroatoms. The minimum Gasteiger partial charge on any atom is -0.497 e. The Balaban J connectivity index is 1.57. The molecule has 2 unspecified atom stereocenters. The van der Waals surface area contributed by atoms with Crippen LogP contribution in [-0.4, -0.2) is 25.3 Å². The molecule has 1 aromatic rings. The van der Waals surface area contributed by atoms with E-state index in [-0.39, 0.29) is 11.6 Å². The maximum Gasteiger partial charge on any atom is 0.119 e. The Hall–Kier alpha value is -1.06. The van der Waals surface area contributed by atoms with Crippen LogP contribution in [0.5, 0.6) is 5.75 Å². The number of hydrogen-bond donors (Lipinski definition) is 1. The Labute approximate surface area is 127 Å². The van der Waals surface area contributed by atoms with Crippen molar-refractivity contribution in [1.82, 2.24) is 5.32 Å². The van der Waals surface area contributed by atoms with E-state index < -0.39 is 0 Å². The number of ether oxygens (including phenoxy) is 2. The van der Waals surface area contributed by atoms with Gasteiger partial charge in [-0.05, 0) is 48.9 Å². The lowest BCUT2D eigenvalue weighted by Gasteiger charge is -2.49. The molecular weight excluding hydrogens is 262 g/mol. The molecule has 0 amide bonds.